The highest BCUT2D eigenvalue weighted by Gasteiger charge is 2.36. The Morgan fingerprint density at radius 1 is 0.300 bits per heavy atom. The summed E-state index contributed by atoms with van der Waals surface area (Å²) in [7, 11) is 0. The van der Waals surface area contributed by atoms with E-state index in [1.165, 1.54) is 115 Å². The summed E-state index contributed by atoms with van der Waals surface area (Å²) in [6.45, 7) is 4.69. The lowest BCUT2D eigenvalue weighted by molar-refractivity contribution is 0.658. The maximum atomic E-state index is 6.61. The van der Waals surface area contributed by atoms with Crippen LogP contribution in [0.3, 0.4) is 0 Å². The molecule has 1 heteroatoms. The van der Waals surface area contributed by atoms with Crippen LogP contribution in [0.1, 0.15) is 25.0 Å². The first kappa shape index (κ1) is 33.5. The molecule has 13 rings (SSSR count). The Morgan fingerprint density at radius 3 is 1.57 bits per heavy atom. The highest BCUT2D eigenvalue weighted by Crippen LogP contribution is 2.51. The largest absolute Gasteiger partial charge is 0.456 e. The molecule has 0 amide bonds. The Labute approximate surface area is 347 Å². The minimum atomic E-state index is -0.0711. The lowest BCUT2D eigenvalue weighted by Gasteiger charge is -2.21. The summed E-state index contributed by atoms with van der Waals surface area (Å²) < 4.78 is 6.61. The van der Waals surface area contributed by atoms with Crippen molar-refractivity contribution in [1.82, 2.24) is 0 Å². The van der Waals surface area contributed by atoms with Gasteiger partial charge in [0.1, 0.15) is 11.2 Å². The van der Waals surface area contributed by atoms with Crippen LogP contribution in [0.4, 0.5) is 0 Å². The van der Waals surface area contributed by atoms with Crippen LogP contribution in [0, 0.1) is 0 Å². The summed E-state index contributed by atoms with van der Waals surface area (Å²) in [6, 6.07) is 72.0. The molecular formula is C59H38O. The van der Waals surface area contributed by atoms with E-state index in [4.69, 9.17) is 4.42 Å². The Bertz CT molecular complexity index is 3740. The van der Waals surface area contributed by atoms with E-state index in [0.29, 0.717) is 0 Å². The first-order valence-electron chi connectivity index (χ1n) is 21.0. The van der Waals surface area contributed by atoms with Crippen LogP contribution in [-0.4, -0.2) is 0 Å². The van der Waals surface area contributed by atoms with Crippen molar-refractivity contribution in [2.75, 3.05) is 0 Å². The third-order valence-corrected chi connectivity index (χ3v) is 13.6. The summed E-state index contributed by atoms with van der Waals surface area (Å²) >= 11 is 0. The van der Waals surface area contributed by atoms with E-state index in [-0.39, 0.29) is 5.41 Å². The Morgan fingerprint density at radius 2 is 0.833 bits per heavy atom. The van der Waals surface area contributed by atoms with Gasteiger partial charge < -0.3 is 4.42 Å². The maximum absolute atomic E-state index is 6.61. The van der Waals surface area contributed by atoms with Gasteiger partial charge in [0.15, 0.2) is 0 Å². The summed E-state index contributed by atoms with van der Waals surface area (Å²) in [5, 5.41) is 14.8. The van der Waals surface area contributed by atoms with Crippen LogP contribution < -0.4 is 0 Å². The molecule has 1 aromatic heterocycles. The van der Waals surface area contributed by atoms with Crippen molar-refractivity contribution < 1.29 is 4.42 Å². The van der Waals surface area contributed by atoms with Gasteiger partial charge in [-0.3, -0.25) is 0 Å². The topological polar surface area (TPSA) is 13.1 Å². The van der Waals surface area contributed by atoms with Crippen LogP contribution in [0.15, 0.2) is 199 Å². The fourth-order valence-electron chi connectivity index (χ4n) is 10.8. The highest BCUT2D eigenvalue weighted by atomic mass is 16.3. The molecule has 1 nitrogen and oxygen atoms in total. The average molecular weight is 763 g/mol. The number of hydrogen-bond donors (Lipinski definition) is 0. The van der Waals surface area contributed by atoms with Crippen molar-refractivity contribution >= 4 is 75.8 Å². The SMILES string of the molecule is CC1(C)c2ccccc2-c2cc3oc4cc5ccc(-c6ccc(-c7c8ccccc8c(-c8cccc9ccccc89)c8ccccc78)c7ccccc67)cc5cc4c3cc21. The molecule has 0 fully saturated rings. The molecule has 280 valence electrons. The monoisotopic (exact) mass is 762 g/mol. The molecule has 0 saturated carbocycles. The molecule has 0 aliphatic heterocycles. The van der Waals surface area contributed by atoms with Gasteiger partial charge in [0.05, 0.1) is 0 Å². The number of fused-ring (bicyclic) bond motifs is 11. The summed E-state index contributed by atoms with van der Waals surface area (Å²) in [6.07, 6.45) is 0. The van der Waals surface area contributed by atoms with Crippen LogP contribution in [-0.2, 0) is 5.41 Å². The molecule has 0 unspecified atom stereocenters. The van der Waals surface area contributed by atoms with E-state index >= 15 is 0 Å². The molecule has 0 bridgehead atoms. The predicted molar refractivity (Wildman–Crippen MR) is 255 cm³/mol. The van der Waals surface area contributed by atoms with E-state index < -0.39 is 0 Å². The van der Waals surface area contributed by atoms with Crippen molar-refractivity contribution in [3.8, 4) is 44.5 Å². The molecule has 1 heterocycles. The fourth-order valence-corrected chi connectivity index (χ4v) is 10.8. The summed E-state index contributed by atoms with van der Waals surface area (Å²) in [4.78, 5) is 0. The third kappa shape index (κ3) is 4.63. The maximum Gasteiger partial charge on any atom is 0.136 e. The number of furan rings is 1. The van der Waals surface area contributed by atoms with Gasteiger partial charge in [0, 0.05) is 16.2 Å². The minimum Gasteiger partial charge on any atom is -0.456 e. The van der Waals surface area contributed by atoms with Crippen molar-refractivity contribution in [2.45, 2.75) is 19.3 Å². The highest BCUT2D eigenvalue weighted by molar-refractivity contribution is 6.26. The average Bonchev–Trinajstić information content (AvgIpc) is 3.75. The number of hydrogen-bond acceptors (Lipinski definition) is 1. The molecule has 11 aromatic carbocycles. The van der Waals surface area contributed by atoms with Gasteiger partial charge in [-0.1, -0.05) is 178 Å². The summed E-state index contributed by atoms with van der Waals surface area (Å²) in [5.74, 6) is 0. The normalized spacial score (nSPS) is 13.3. The second-order valence-corrected chi connectivity index (χ2v) is 17.2. The lowest BCUT2D eigenvalue weighted by atomic mass is 9.82. The molecule has 1 aliphatic rings. The quantitative estimate of drug-likeness (QED) is 0.163. The molecular weight excluding hydrogens is 725 g/mol. The number of rotatable bonds is 3. The van der Waals surface area contributed by atoms with Crippen LogP contribution in [0.2, 0.25) is 0 Å². The van der Waals surface area contributed by atoms with Gasteiger partial charge in [-0.15, -0.1) is 0 Å². The van der Waals surface area contributed by atoms with Gasteiger partial charge in [-0.25, -0.2) is 0 Å². The van der Waals surface area contributed by atoms with Crippen molar-refractivity contribution in [3.05, 3.63) is 205 Å². The van der Waals surface area contributed by atoms with Crippen LogP contribution in [0.25, 0.3) is 120 Å². The van der Waals surface area contributed by atoms with Gasteiger partial charge in [-0.05, 0) is 140 Å². The Hall–Kier alpha value is -7.48. The van der Waals surface area contributed by atoms with Crippen molar-refractivity contribution in [2.24, 2.45) is 0 Å². The zero-order valence-electron chi connectivity index (χ0n) is 33.4. The van der Waals surface area contributed by atoms with E-state index in [1.54, 1.807) is 0 Å². The van der Waals surface area contributed by atoms with Crippen molar-refractivity contribution in [1.29, 1.82) is 0 Å². The molecule has 0 radical (unpaired) electrons. The smallest absolute Gasteiger partial charge is 0.136 e. The number of benzene rings is 11. The fraction of sp³-hybridized carbons (Fsp3) is 0.0508. The molecule has 0 spiro atoms. The lowest BCUT2D eigenvalue weighted by Crippen LogP contribution is -2.14. The molecule has 60 heavy (non-hydrogen) atoms. The van der Waals surface area contributed by atoms with Gasteiger partial charge >= 0.3 is 0 Å². The van der Waals surface area contributed by atoms with Crippen LogP contribution in [0.5, 0.6) is 0 Å². The molecule has 0 N–H and O–H groups in total. The minimum absolute atomic E-state index is 0.0711. The second kappa shape index (κ2) is 12.3. The van der Waals surface area contributed by atoms with Gasteiger partial charge in [-0.2, -0.15) is 0 Å². The second-order valence-electron chi connectivity index (χ2n) is 17.2. The molecule has 0 saturated heterocycles. The zero-order valence-corrected chi connectivity index (χ0v) is 33.4. The zero-order chi connectivity index (χ0) is 39.7. The third-order valence-electron chi connectivity index (χ3n) is 13.6. The van der Waals surface area contributed by atoms with Crippen LogP contribution >= 0.6 is 0 Å². The Balaban J connectivity index is 0.996. The van der Waals surface area contributed by atoms with E-state index in [9.17, 15) is 0 Å². The molecule has 12 aromatic rings. The molecule has 0 atom stereocenters. The van der Waals surface area contributed by atoms with E-state index in [0.717, 1.165) is 16.6 Å². The molecule has 1 aliphatic carbocycles. The summed E-state index contributed by atoms with van der Waals surface area (Å²) in [5.41, 5.74) is 14.7. The van der Waals surface area contributed by atoms with E-state index in [2.05, 4.69) is 208 Å². The van der Waals surface area contributed by atoms with E-state index in [1.807, 2.05) is 0 Å². The van der Waals surface area contributed by atoms with Gasteiger partial charge in [0.25, 0.3) is 0 Å². The van der Waals surface area contributed by atoms with Crippen molar-refractivity contribution in [3.63, 3.8) is 0 Å². The first-order chi connectivity index (χ1) is 29.5. The standard InChI is InChI=1S/C59H38O/c1-59(2)53-25-12-11-19-43(53)50-34-56-52(33-54(50)59)51-31-38-30-37(27-26-36(38)32-55(51)60-56)40-28-29-49(42-18-6-5-17-41(40)42)58-47-22-9-7-20-45(47)57(46-21-8-10-23-48(46)58)44-24-13-15-35-14-3-4-16-39(35)44/h3-34H,1-2H3. The van der Waals surface area contributed by atoms with Gasteiger partial charge in [0.2, 0.25) is 0 Å². The first-order valence-corrected chi connectivity index (χ1v) is 21.0. The predicted octanol–water partition coefficient (Wildman–Crippen LogP) is 16.7. The Kier molecular flexibility index (Phi) is 6.85.